The molecular weight excluding hydrogens is 338 g/mol. The molecule has 1 fully saturated rings. The molecule has 0 spiro atoms. The van der Waals surface area contributed by atoms with Crippen molar-refractivity contribution in [2.75, 3.05) is 43.4 Å². The third-order valence-corrected chi connectivity index (χ3v) is 5.05. The third kappa shape index (κ3) is 5.31. The van der Waals surface area contributed by atoms with Crippen molar-refractivity contribution >= 4 is 17.3 Å². The van der Waals surface area contributed by atoms with E-state index in [-0.39, 0.29) is 5.91 Å². The normalized spacial score (nSPS) is 16.2. The summed E-state index contributed by atoms with van der Waals surface area (Å²) in [7, 11) is 2.16. The lowest BCUT2D eigenvalue weighted by Gasteiger charge is -2.34. The van der Waals surface area contributed by atoms with Crippen LogP contribution in [0.3, 0.4) is 0 Å². The Morgan fingerprint density at radius 2 is 1.81 bits per heavy atom. The molecule has 27 heavy (non-hydrogen) atoms. The molecule has 1 N–H and O–H groups in total. The van der Waals surface area contributed by atoms with Crippen LogP contribution in [-0.4, -0.2) is 50.1 Å². The van der Waals surface area contributed by atoms with Gasteiger partial charge in [-0.2, -0.15) is 0 Å². The lowest BCUT2D eigenvalue weighted by atomic mass is 10.1. The van der Waals surface area contributed by atoms with Crippen LogP contribution in [0.2, 0.25) is 0 Å². The fourth-order valence-electron chi connectivity index (χ4n) is 3.15. The van der Waals surface area contributed by atoms with E-state index in [0.717, 1.165) is 43.0 Å². The zero-order valence-corrected chi connectivity index (χ0v) is 16.4. The number of anilines is 2. The quantitative estimate of drug-likeness (QED) is 0.851. The smallest absolute Gasteiger partial charge is 0.253 e. The first kappa shape index (κ1) is 19.4. The first-order chi connectivity index (χ1) is 13.0. The molecule has 0 radical (unpaired) electrons. The minimum Gasteiger partial charge on any atom is -0.369 e. The molecule has 0 saturated carbocycles. The van der Waals surface area contributed by atoms with Crippen LogP contribution < -0.4 is 10.2 Å². The van der Waals surface area contributed by atoms with E-state index in [1.807, 2.05) is 43.3 Å². The van der Waals surface area contributed by atoms with Gasteiger partial charge in [0.05, 0.1) is 6.61 Å². The summed E-state index contributed by atoms with van der Waals surface area (Å²) in [6.07, 6.45) is -0.512. The fraction of sp³-hybridized carbons (Fsp3) is 0.409. The lowest BCUT2D eigenvalue weighted by molar-refractivity contribution is -0.127. The van der Waals surface area contributed by atoms with Gasteiger partial charge in [0, 0.05) is 37.6 Å². The largest absolute Gasteiger partial charge is 0.369 e. The maximum Gasteiger partial charge on any atom is 0.253 e. The van der Waals surface area contributed by atoms with Crippen LogP contribution in [0.25, 0.3) is 0 Å². The number of piperazine rings is 1. The molecule has 1 amide bonds. The summed E-state index contributed by atoms with van der Waals surface area (Å²) < 4.78 is 5.71. The van der Waals surface area contributed by atoms with Gasteiger partial charge in [0.1, 0.15) is 6.10 Å². The van der Waals surface area contributed by atoms with Crippen LogP contribution >= 0.6 is 0 Å². The number of hydrogen-bond donors (Lipinski definition) is 1. The van der Waals surface area contributed by atoms with E-state index in [0.29, 0.717) is 6.61 Å². The van der Waals surface area contributed by atoms with Crippen LogP contribution in [0.15, 0.2) is 48.5 Å². The molecular formula is C22H29N3O2. The highest BCUT2D eigenvalue weighted by Crippen LogP contribution is 2.24. The van der Waals surface area contributed by atoms with Crippen molar-refractivity contribution in [1.82, 2.24) is 4.90 Å². The van der Waals surface area contributed by atoms with Crippen LogP contribution in [0.4, 0.5) is 11.4 Å². The molecule has 0 aromatic heterocycles. The Hall–Kier alpha value is -2.37. The van der Waals surface area contributed by atoms with Gasteiger partial charge in [-0.05, 0) is 50.2 Å². The second-order valence-electron chi connectivity index (χ2n) is 7.22. The number of aryl methyl sites for hydroxylation is 1. The highest BCUT2D eigenvalue weighted by molar-refractivity contribution is 5.94. The number of carbonyl (C=O) groups excluding carboxylic acids is 1. The molecule has 5 heteroatoms. The SMILES string of the molecule is Cc1cc(N2CCN(C)CC2)ccc1NC(=O)C(C)OCc1ccccc1. The van der Waals surface area contributed by atoms with Gasteiger partial charge in [0.25, 0.3) is 5.91 Å². The molecule has 1 aliphatic heterocycles. The van der Waals surface area contributed by atoms with E-state index < -0.39 is 6.10 Å². The molecule has 1 heterocycles. The second-order valence-corrected chi connectivity index (χ2v) is 7.22. The number of likely N-dealkylation sites (N-methyl/N-ethyl adjacent to an activating group) is 1. The molecule has 2 aromatic carbocycles. The van der Waals surface area contributed by atoms with E-state index in [1.54, 1.807) is 6.92 Å². The number of nitrogens with one attached hydrogen (secondary N) is 1. The summed E-state index contributed by atoms with van der Waals surface area (Å²) in [5, 5.41) is 2.99. The van der Waals surface area contributed by atoms with E-state index in [9.17, 15) is 4.79 Å². The Kier molecular flexibility index (Phi) is 6.48. The molecule has 144 valence electrons. The van der Waals surface area contributed by atoms with Gasteiger partial charge < -0.3 is 19.9 Å². The summed E-state index contributed by atoms with van der Waals surface area (Å²) in [5.74, 6) is -0.124. The van der Waals surface area contributed by atoms with Gasteiger partial charge in [-0.15, -0.1) is 0 Å². The highest BCUT2D eigenvalue weighted by atomic mass is 16.5. The zero-order chi connectivity index (χ0) is 19.2. The van der Waals surface area contributed by atoms with Crippen molar-refractivity contribution in [3.8, 4) is 0 Å². The Balaban J connectivity index is 1.55. The Labute approximate surface area is 161 Å². The third-order valence-electron chi connectivity index (χ3n) is 5.05. The molecule has 2 aromatic rings. The van der Waals surface area contributed by atoms with Crippen molar-refractivity contribution < 1.29 is 9.53 Å². The minimum absolute atomic E-state index is 0.124. The number of ether oxygens (including phenoxy) is 1. The summed E-state index contributed by atoms with van der Waals surface area (Å²) >= 11 is 0. The Bertz CT molecular complexity index is 755. The molecule has 1 atom stereocenters. The molecule has 0 bridgehead atoms. The predicted octanol–water partition coefficient (Wildman–Crippen LogP) is 3.29. The number of rotatable bonds is 6. The van der Waals surface area contributed by atoms with Crippen molar-refractivity contribution in [2.45, 2.75) is 26.6 Å². The van der Waals surface area contributed by atoms with Gasteiger partial charge in [0.2, 0.25) is 0 Å². The van der Waals surface area contributed by atoms with Crippen molar-refractivity contribution in [3.63, 3.8) is 0 Å². The summed E-state index contributed by atoms with van der Waals surface area (Å²) in [6, 6.07) is 16.1. The number of benzene rings is 2. The number of amides is 1. The van der Waals surface area contributed by atoms with Gasteiger partial charge in [-0.1, -0.05) is 30.3 Å². The molecule has 1 unspecified atom stereocenters. The van der Waals surface area contributed by atoms with E-state index in [1.165, 1.54) is 5.69 Å². The number of hydrogen-bond acceptors (Lipinski definition) is 4. The first-order valence-electron chi connectivity index (χ1n) is 9.53. The van der Waals surface area contributed by atoms with E-state index in [2.05, 4.69) is 34.3 Å². The number of carbonyl (C=O) groups is 1. The van der Waals surface area contributed by atoms with Crippen LogP contribution in [0, 0.1) is 6.92 Å². The van der Waals surface area contributed by atoms with Gasteiger partial charge in [-0.3, -0.25) is 4.79 Å². The summed E-state index contributed by atoms with van der Waals surface area (Å²) in [4.78, 5) is 17.2. The van der Waals surface area contributed by atoms with E-state index >= 15 is 0 Å². The molecule has 1 saturated heterocycles. The molecule has 5 nitrogen and oxygen atoms in total. The fourth-order valence-corrected chi connectivity index (χ4v) is 3.15. The Morgan fingerprint density at radius 3 is 2.48 bits per heavy atom. The highest BCUT2D eigenvalue weighted by Gasteiger charge is 2.17. The average Bonchev–Trinajstić information content (AvgIpc) is 2.69. The average molecular weight is 367 g/mol. The van der Waals surface area contributed by atoms with Crippen molar-refractivity contribution in [2.24, 2.45) is 0 Å². The second kappa shape index (κ2) is 9.02. The molecule has 1 aliphatic rings. The monoisotopic (exact) mass is 367 g/mol. The standard InChI is InChI=1S/C22H29N3O2/c1-17-15-20(25-13-11-24(3)12-14-25)9-10-21(17)23-22(26)18(2)27-16-19-7-5-4-6-8-19/h4-10,15,18H,11-14,16H2,1-3H3,(H,23,26). The van der Waals surface area contributed by atoms with E-state index in [4.69, 9.17) is 4.74 Å². The predicted molar refractivity (Wildman–Crippen MR) is 110 cm³/mol. The Morgan fingerprint density at radius 1 is 1.11 bits per heavy atom. The van der Waals surface area contributed by atoms with Gasteiger partial charge in [-0.25, -0.2) is 0 Å². The van der Waals surface area contributed by atoms with Crippen LogP contribution in [0.1, 0.15) is 18.1 Å². The maximum absolute atomic E-state index is 12.5. The van der Waals surface area contributed by atoms with Crippen molar-refractivity contribution in [1.29, 1.82) is 0 Å². The number of nitrogens with zero attached hydrogens (tertiary/aromatic N) is 2. The molecule has 3 rings (SSSR count). The minimum atomic E-state index is -0.512. The summed E-state index contributed by atoms with van der Waals surface area (Å²) in [6.45, 7) is 8.47. The molecule has 0 aliphatic carbocycles. The first-order valence-corrected chi connectivity index (χ1v) is 9.53. The summed E-state index contributed by atoms with van der Waals surface area (Å²) in [5.41, 5.74) is 4.18. The van der Waals surface area contributed by atoms with Crippen LogP contribution in [-0.2, 0) is 16.1 Å². The van der Waals surface area contributed by atoms with Gasteiger partial charge >= 0.3 is 0 Å². The van der Waals surface area contributed by atoms with Gasteiger partial charge in [0.15, 0.2) is 0 Å². The lowest BCUT2D eigenvalue weighted by Crippen LogP contribution is -2.44. The zero-order valence-electron chi connectivity index (χ0n) is 16.4. The van der Waals surface area contributed by atoms with Crippen LogP contribution in [0.5, 0.6) is 0 Å². The van der Waals surface area contributed by atoms with Crippen molar-refractivity contribution in [3.05, 3.63) is 59.7 Å². The maximum atomic E-state index is 12.5. The topological polar surface area (TPSA) is 44.8 Å².